The summed E-state index contributed by atoms with van der Waals surface area (Å²) in [5, 5.41) is 0.792. The number of carbonyl (C=O) groups is 2. The Balaban J connectivity index is 2.40. The monoisotopic (exact) mass is 281 g/mol. The van der Waals surface area contributed by atoms with Crippen LogP contribution in [0.25, 0.3) is 16.4 Å². The van der Waals surface area contributed by atoms with E-state index < -0.39 is 0 Å². The number of ether oxygens (including phenoxy) is 1. The summed E-state index contributed by atoms with van der Waals surface area (Å²) in [6.07, 6.45) is 2.34. The number of benzene rings is 1. The highest BCUT2D eigenvalue weighted by Crippen LogP contribution is 2.28. The molecule has 0 saturated carbocycles. The summed E-state index contributed by atoms with van der Waals surface area (Å²) < 4.78 is 6.80. The Kier molecular flexibility index (Phi) is 3.22. The van der Waals surface area contributed by atoms with Crippen LogP contribution in [0.4, 0.5) is 0 Å². The van der Waals surface area contributed by atoms with Crippen LogP contribution >= 0.6 is 0 Å². The van der Waals surface area contributed by atoms with Crippen molar-refractivity contribution in [1.29, 1.82) is 0 Å². The molecule has 0 unspecified atom stereocenters. The Bertz CT molecular complexity index is 861. The van der Waals surface area contributed by atoms with Crippen molar-refractivity contribution in [3.63, 3.8) is 0 Å². The zero-order valence-corrected chi connectivity index (χ0v) is 11.9. The second-order valence-electron chi connectivity index (χ2n) is 4.83. The number of pyridine rings is 1. The molecule has 106 valence electrons. The lowest BCUT2D eigenvalue weighted by Gasteiger charge is -2.00. The van der Waals surface area contributed by atoms with Gasteiger partial charge in [-0.2, -0.15) is 0 Å². The zero-order chi connectivity index (χ0) is 15.0. The molecule has 0 radical (unpaired) electrons. The molecule has 2 aromatic heterocycles. The fraction of sp³-hybridized carbons (Fsp3) is 0.176. The van der Waals surface area contributed by atoms with Gasteiger partial charge in [-0.1, -0.05) is 25.1 Å². The van der Waals surface area contributed by atoms with Gasteiger partial charge in [-0.25, -0.2) is 4.79 Å². The molecule has 0 spiro atoms. The Morgan fingerprint density at radius 1 is 1.14 bits per heavy atom. The highest BCUT2D eigenvalue weighted by Gasteiger charge is 2.19. The number of hydrogen-bond acceptors (Lipinski definition) is 3. The van der Waals surface area contributed by atoms with Crippen LogP contribution < -0.4 is 0 Å². The Labute approximate surface area is 121 Å². The molecular weight excluding hydrogens is 266 g/mol. The zero-order valence-electron chi connectivity index (χ0n) is 11.9. The van der Waals surface area contributed by atoms with Gasteiger partial charge in [0, 0.05) is 23.6 Å². The average molecular weight is 281 g/mol. The van der Waals surface area contributed by atoms with Crippen molar-refractivity contribution in [3.8, 4) is 0 Å². The van der Waals surface area contributed by atoms with E-state index in [4.69, 9.17) is 4.74 Å². The average Bonchev–Trinajstić information content (AvgIpc) is 2.87. The molecule has 3 rings (SSSR count). The van der Waals surface area contributed by atoms with Crippen LogP contribution in [0.5, 0.6) is 0 Å². The number of hydrogen-bond donors (Lipinski definition) is 0. The van der Waals surface area contributed by atoms with Crippen LogP contribution in [0.1, 0.15) is 34.1 Å². The highest BCUT2D eigenvalue weighted by molar-refractivity contribution is 6.13. The van der Waals surface area contributed by atoms with Gasteiger partial charge in [-0.3, -0.25) is 4.79 Å². The number of nitrogens with zero attached hydrogens (tertiary/aromatic N) is 1. The third-order valence-corrected chi connectivity index (χ3v) is 3.68. The van der Waals surface area contributed by atoms with Gasteiger partial charge in [0.05, 0.1) is 23.7 Å². The normalized spacial score (nSPS) is 11.0. The van der Waals surface area contributed by atoms with E-state index >= 15 is 0 Å². The molecule has 0 fully saturated rings. The van der Waals surface area contributed by atoms with Gasteiger partial charge in [0.1, 0.15) is 0 Å². The minimum absolute atomic E-state index is 0.0856. The number of Topliss-reactive ketones (excluding diaryl/α,β-unsaturated/α-hetero) is 1. The van der Waals surface area contributed by atoms with Crippen LogP contribution in [-0.4, -0.2) is 23.3 Å². The number of methoxy groups -OCH3 is 1. The number of carbonyl (C=O) groups excluding carboxylic acids is 2. The second-order valence-corrected chi connectivity index (χ2v) is 4.83. The van der Waals surface area contributed by atoms with Crippen molar-refractivity contribution in [1.82, 2.24) is 4.40 Å². The maximum Gasteiger partial charge on any atom is 0.340 e. The smallest absolute Gasteiger partial charge is 0.340 e. The molecule has 21 heavy (non-hydrogen) atoms. The van der Waals surface area contributed by atoms with E-state index in [1.165, 1.54) is 7.11 Å². The van der Waals surface area contributed by atoms with Crippen LogP contribution in [0.15, 0.2) is 42.6 Å². The number of ketones is 1. The van der Waals surface area contributed by atoms with E-state index in [0.717, 1.165) is 16.4 Å². The quantitative estimate of drug-likeness (QED) is 0.545. The number of fused-ring (bicyclic) bond motifs is 3. The Hall–Kier alpha value is -2.62. The van der Waals surface area contributed by atoms with E-state index in [-0.39, 0.29) is 11.8 Å². The molecule has 0 atom stereocenters. The fourth-order valence-electron chi connectivity index (χ4n) is 2.63. The minimum atomic E-state index is -0.372. The standard InChI is InChI=1S/C17H15NO3/c1-3-15(19)11-7-8-12-14(10-11)18-9-5-4-6-13(18)16(12)17(20)21-2/h4-10H,3H2,1-2H3. The fourth-order valence-corrected chi connectivity index (χ4v) is 2.63. The predicted octanol–water partition coefficient (Wildman–Crippen LogP) is 3.47. The molecule has 0 N–H and O–H groups in total. The topological polar surface area (TPSA) is 47.8 Å². The maximum absolute atomic E-state index is 12.1. The summed E-state index contributed by atoms with van der Waals surface area (Å²) in [6, 6.07) is 11.0. The summed E-state index contributed by atoms with van der Waals surface area (Å²) in [7, 11) is 1.37. The molecule has 2 heterocycles. The summed E-state index contributed by atoms with van der Waals surface area (Å²) in [5.41, 5.74) is 2.80. The minimum Gasteiger partial charge on any atom is -0.465 e. The highest BCUT2D eigenvalue weighted by atomic mass is 16.5. The van der Waals surface area contributed by atoms with Crippen LogP contribution in [0, 0.1) is 0 Å². The first-order valence-electron chi connectivity index (χ1n) is 6.81. The van der Waals surface area contributed by atoms with Gasteiger partial charge >= 0.3 is 5.97 Å². The predicted molar refractivity (Wildman–Crippen MR) is 80.9 cm³/mol. The van der Waals surface area contributed by atoms with E-state index in [1.54, 1.807) is 6.07 Å². The van der Waals surface area contributed by atoms with E-state index in [1.807, 2.05) is 47.9 Å². The third-order valence-electron chi connectivity index (χ3n) is 3.68. The number of aromatic nitrogens is 1. The van der Waals surface area contributed by atoms with Gasteiger partial charge in [-0.15, -0.1) is 0 Å². The molecule has 0 aliphatic rings. The van der Waals surface area contributed by atoms with Gasteiger partial charge < -0.3 is 9.14 Å². The van der Waals surface area contributed by atoms with Crippen molar-refractivity contribution in [2.75, 3.05) is 7.11 Å². The molecule has 1 aromatic carbocycles. The number of rotatable bonds is 3. The van der Waals surface area contributed by atoms with Crippen LogP contribution in [0.3, 0.4) is 0 Å². The van der Waals surface area contributed by atoms with Gasteiger partial charge in [0.2, 0.25) is 0 Å². The van der Waals surface area contributed by atoms with Crippen molar-refractivity contribution in [2.45, 2.75) is 13.3 Å². The largest absolute Gasteiger partial charge is 0.465 e. The molecule has 4 heteroatoms. The van der Waals surface area contributed by atoms with Gasteiger partial charge in [-0.05, 0) is 18.2 Å². The van der Waals surface area contributed by atoms with Crippen LogP contribution in [0.2, 0.25) is 0 Å². The van der Waals surface area contributed by atoms with Crippen molar-refractivity contribution in [2.24, 2.45) is 0 Å². The van der Waals surface area contributed by atoms with E-state index in [0.29, 0.717) is 17.5 Å². The first-order valence-corrected chi connectivity index (χ1v) is 6.81. The van der Waals surface area contributed by atoms with Crippen LogP contribution in [-0.2, 0) is 4.74 Å². The molecule has 0 aliphatic heterocycles. The van der Waals surface area contributed by atoms with Gasteiger partial charge in [0.15, 0.2) is 5.78 Å². The third kappa shape index (κ3) is 2.00. The van der Waals surface area contributed by atoms with E-state index in [9.17, 15) is 9.59 Å². The summed E-state index contributed by atoms with van der Waals surface area (Å²) >= 11 is 0. The Morgan fingerprint density at radius 3 is 2.67 bits per heavy atom. The molecule has 3 aromatic rings. The number of esters is 1. The first-order chi connectivity index (χ1) is 10.2. The summed E-state index contributed by atoms with van der Waals surface area (Å²) in [6.45, 7) is 1.84. The SMILES string of the molecule is CCC(=O)c1ccc2c(C(=O)OC)c3ccccn3c2c1. The first kappa shape index (κ1) is 13.4. The molecule has 0 bridgehead atoms. The van der Waals surface area contributed by atoms with Crippen molar-refractivity contribution < 1.29 is 14.3 Å². The summed E-state index contributed by atoms with van der Waals surface area (Å²) in [4.78, 5) is 24.0. The molecule has 0 aliphatic carbocycles. The molecule has 4 nitrogen and oxygen atoms in total. The van der Waals surface area contributed by atoms with E-state index in [2.05, 4.69) is 0 Å². The lowest BCUT2D eigenvalue weighted by molar-refractivity contribution is 0.0605. The molecular formula is C17H15NO3. The molecule has 0 amide bonds. The lowest BCUT2D eigenvalue weighted by Crippen LogP contribution is -2.01. The molecule has 0 saturated heterocycles. The van der Waals surface area contributed by atoms with Crippen molar-refractivity contribution in [3.05, 3.63) is 53.7 Å². The lowest BCUT2D eigenvalue weighted by atomic mass is 10.1. The Morgan fingerprint density at radius 2 is 1.95 bits per heavy atom. The maximum atomic E-state index is 12.1. The second kappa shape index (κ2) is 5.05. The van der Waals surface area contributed by atoms with Crippen molar-refractivity contribution >= 4 is 28.2 Å². The summed E-state index contributed by atoms with van der Waals surface area (Å²) in [5.74, 6) is -0.286. The van der Waals surface area contributed by atoms with Gasteiger partial charge in [0.25, 0.3) is 0 Å².